The first-order valence-corrected chi connectivity index (χ1v) is 8.34. The van der Waals surface area contributed by atoms with Gasteiger partial charge in [0.1, 0.15) is 0 Å². The zero-order valence-corrected chi connectivity index (χ0v) is 13.1. The SMILES string of the molecule is C=CCC(C=O)(Cc1ccccc1)[Se]c1ccccc1. The second kappa shape index (κ2) is 7.23. The van der Waals surface area contributed by atoms with Crippen LogP contribution in [-0.4, -0.2) is 21.2 Å². The van der Waals surface area contributed by atoms with Crippen molar-refractivity contribution in [3.63, 3.8) is 0 Å². The predicted molar refractivity (Wildman–Crippen MR) is 85.5 cm³/mol. The Morgan fingerprint density at radius 2 is 1.60 bits per heavy atom. The van der Waals surface area contributed by atoms with Gasteiger partial charge in [0.2, 0.25) is 0 Å². The first-order chi connectivity index (χ1) is 9.78. The summed E-state index contributed by atoms with van der Waals surface area (Å²) >= 11 is 0.0973. The number of benzene rings is 2. The van der Waals surface area contributed by atoms with Gasteiger partial charge in [0.05, 0.1) is 0 Å². The monoisotopic (exact) mass is 330 g/mol. The molecule has 102 valence electrons. The molecule has 1 atom stereocenters. The van der Waals surface area contributed by atoms with E-state index in [2.05, 4.69) is 30.8 Å². The number of rotatable bonds is 7. The molecule has 0 radical (unpaired) electrons. The summed E-state index contributed by atoms with van der Waals surface area (Å²) < 4.78 is 0.919. The summed E-state index contributed by atoms with van der Waals surface area (Å²) in [5, 5.41) is 0. The van der Waals surface area contributed by atoms with E-state index in [0.717, 1.165) is 19.1 Å². The summed E-state index contributed by atoms with van der Waals surface area (Å²) in [6.07, 6.45) is 4.50. The summed E-state index contributed by atoms with van der Waals surface area (Å²) in [6, 6.07) is 20.5. The third-order valence-corrected chi connectivity index (χ3v) is 5.89. The van der Waals surface area contributed by atoms with Crippen LogP contribution < -0.4 is 4.46 Å². The molecule has 0 N–H and O–H groups in total. The Bertz CT molecular complexity index is 507. The van der Waals surface area contributed by atoms with E-state index in [9.17, 15) is 4.79 Å². The molecule has 1 unspecified atom stereocenters. The van der Waals surface area contributed by atoms with E-state index < -0.39 is 0 Å². The summed E-state index contributed by atoms with van der Waals surface area (Å²) in [5.41, 5.74) is 1.21. The van der Waals surface area contributed by atoms with Crippen LogP contribution in [0.3, 0.4) is 0 Å². The van der Waals surface area contributed by atoms with E-state index in [0.29, 0.717) is 0 Å². The number of hydrogen-bond donors (Lipinski definition) is 0. The van der Waals surface area contributed by atoms with Gasteiger partial charge in [-0.15, -0.1) is 0 Å². The van der Waals surface area contributed by atoms with Crippen LogP contribution in [0.5, 0.6) is 0 Å². The maximum absolute atomic E-state index is 11.8. The fraction of sp³-hybridized carbons (Fsp3) is 0.167. The van der Waals surface area contributed by atoms with Gasteiger partial charge >= 0.3 is 127 Å². The standard InChI is InChI=1S/C18H18OSe/c1-2-13-18(15-19,14-16-9-5-3-6-10-16)20-17-11-7-4-8-12-17/h2-12,15H,1,13-14H2. The molecule has 2 aromatic rings. The van der Waals surface area contributed by atoms with Crippen molar-refractivity contribution >= 4 is 25.7 Å². The number of carbonyl (C=O) groups is 1. The van der Waals surface area contributed by atoms with Gasteiger partial charge in [-0.25, -0.2) is 0 Å². The molecule has 0 fully saturated rings. The number of carbonyl (C=O) groups excluding carboxylic acids is 1. The van der Waals surface area contributed by atoms with Crippen LogP contribution in [0.25, 0.3) is 0 Å². The Hall–Kier alpha value is -1.63. The molecule has 0 saturated heterocycles. The van der Waals surface area contributed by atoms with Crippen molar-refractivity contribution in [3.8, 4) is 0 Å². The van der Waals surface area contributed by atoms with Crippen LogP contribution in [0.2, 0.25) is 4.31 Å². The van der Waals surface area contributed by atoms with Gasteiger partial charge in [0.25, 0.3) is 0 Å². The van der Waals surface area contributed by atoms with Crippen LogP contribution in [0, 0.1) is 0 Å². The van der Waals surface area contributed by atoms with Gasteiger partial charge in [-0.2, -0.15) is 0 Å². The van der Waals surface area contributed by atoms with Crippen molar-refractivity contribution in [2.24, 2.45) is 0 Å². The zero-order chi connectivity index (χ0) is 14.3. The van der Waals surface area contributed by atoms with Gasteiger partial charge in [-0.1, -0.05) is 0 Å². The third-order valence-electron chi connectivity index (χ3n) is 3.12. The van der Waals surface area contributed by atoms with Crippen LogP contribution in [0.4, 0.5) is 0 Å². The first-order valence-electron chi connectivity index (χ1n) is 6.63. The Morgan fingerprint density at radius 3 is 2.15 bits per heavy atom. The summed E-state index contributed by atoms with van der Waals surface area (Å²) in [6.45, 7) is 3.83. The molecule has 0 aliphatic rings. The van der Waals surface area contributed by atoms with Crippen LogP contribution in [-0.2, 0) is 11.2 Å². The third kappa shape index (κ3) is 3.93. The molecule has 2 heteroatoms. The van der Waals surface area contributed by atoms with Crippen LogP contribution in [0.15, 0.2) is 73.3 Å². The Labute approximate surface area is 126 Å². The van der Waals surface area contributed by atoms with Gasteiger partial charge in [0.15, 0.2) is 0 Å². The molecule has 1 nitrogen and oxygen atoms in total. The van der Waals surface area contributed by atoms with Gasteiger partial charge in [-0.3, -0.25) is 0 Å². The molecule has 0 heterocycles. The van der Waals surface area contributed by atoms with E-state index in [4.69, 9.17) is 0 Å². The summed E-state index contributed by atoms with van der Waals surface area (Å²) in [7, 11) is 0. The second-order valence-corrected chi connectivity index (χ2v) is 7.88. The van der Waals surface area contributed by atoms with E-state index in [-0.39, 0.29) is 19.3 Å². The van der Waals surface area contributed by atoms with E-state index >= 15 is 0 Å². The molecule has 0 aliphatic heterocycles. The van der Waals surface area contributed by atoms with Gasteiger partial charge in [0, 0.05) is 0 Å². The van der Waals surface area contributed by atoms with E-state index in [1.807, 2.05) is 42.5 Å². The molecule has 2 aromatic carbocycles. The van der Waals surface area contributed by atoms with Crippen molar-refractivity contribution in [2.45, 2.75) is 17.2 Å². The molecule has 2 rings (SSSR count). The number of hydrogen-bond acceptors (Lipinski definition) is 1. The van der Waals surface area contributed by atoms with Crippen LogP contribution >= 0.6 is 0 Å². The summed E-state index contributed by atoms with van der Waals surface area (Å²) in [4.78, 5) is 11.8. The summed E-state index contributed by atoms with van der Waals surface area (Å²) in [5.74, 6) is 0. The zero-order valence-electron chi connectivity index (χ0n) is 11.4. The minimum absolute atomic E-state index is 0.0973. The Morgan fingerprint density at radius 1 is 1.00 bits per heavy atom. The van der Waals surface area contributed by atoms with Crippen molar-refractivity contribution < 1.29 is 4.79 Å². The molecule has 20 heavy (non-hydrogen) atoms. The van der Waals surface area contributed by atoms with Gasteiger partial charge < -0.3 is 0 Å². The molecule has 0 aromatic heterocycles. The average Bonchev–Trinajstić information content (AvgIpc) is 2.49. The quantitative estimate of drug-likeness (QED) is 0.433. The minimum atomic E-state index is -0.336. The molecular weight excluding hydrogens is 311 g/mol. The van der Waals surface area contributed by atoms with Gasteiger partial charge in [-0.05, 0) is 0 Å². The molecule has 0 bridgehead atoms. The number of aldehydes is 1. The first kappa shape index (κ1) is 14.8. The van der Waals surface area contributed by atoms with Crippen LogP contribution in [0.1, 0.15) is 12.0 Å². The topological polar surface area (TPSA) is 17.1 Å². The fourth-order valence-electron chi connectivity index (χ4n) is 2.17. The van der Waals surface area contributed by atoms with Crippen molar-refractivity contribution in [3.05, 3.63) is 78.9 Å². The average molecular weight is 329 g/mol. The molecule has 0 aliphatic carbocycles. The fourth-order valence-corrected chi connectivity index (χ4v) is 4.80. The Balaban J connectivity index is 2.25. The maximum atomic E-state index is 11.8. The number of allylic oxidation sites excluding steroid dienone is 1. The van der Waals surface area contributed by atoms with E-state index in [1.165, 1.54) is 10.0 Å². The van der Waals surface area contributed by atoms with Crippen molar-refractivity contribution in [1.82, 2.24) is 0 Å². The molecule has 0 spiro atoms. The van der Waals surface area contributed by atoms with E-state index in [1.54, 1.807) is 0 Å². The molecular formula is C18H18OSe. The normalized spacial score (nSPS) is 13.4. The second-order valence-electron chi connectivity index (χ2n) is 4.75. The van der Waals surface area contributed by atoms with Crippen molar-refractivity contribution in [1.29, 1.82) is 0 Å². The predicted octanol–water partition coefficient (Wildman–Crippen LogP) is 3.19. The Kier molecular flexibility index (Phi) is 5.34. The molecule has 0 saturated carbocycles. The molecule has 0 amide bonds. The van der Waals surface area contributed by atoms with Crippen molar-refractivity contribution in [2.75, 3.05) is 0 Å².